The second-order valence-electron chi connectivity index (χ2n) is 13.7. The van der Waals surface area contributed by atoms with E-state index in [0.29, 0.717) is 19.3 Å². The number of carboxylic acid groups (broad SMARTS) is 1. The molecule has 1 aliphatic rings. The van der Waals surface area contributed by atoms with E-state index in [1.165, 1.54) is 0 Å². The van der Waals surface area contributed by atoms with Crippen LogP contribution in [-0.4, -0.2) is 32.5 Å². The van der Waals surface area contributed by atoms with Crippen LogP contribution in [0.15, 0.2) is 81.5 Å². The normalized spacial score (nSPS) is 24.8. The third kappa shape index (κ3) is 8.11. The van der Waals surface area contributed by atoms with Gasteiger partial charge >= 0.3 is 5.97 Å². The van der Waals surface area contributed by atoms with Crippen molar-refractivity contribution in [3.8, 4) is 0 Å². The summed E-state index contributed by atoms with van der Waals surface area (Å²) in [5, 5.41) is 37.7. The summed E-state index contributed by atoms with van der Waals surface area (Å²) in [7, 11) is 0. The molecule has 3 unspecified atom stereocenters. The lowest BCUT2D eigenvalue weighted by molar-refractivity contribution is -0.254. The first-order chi connectivity index (χ1) is 18.8. The summed E-state index contributed by atoms with van der Waals surface area (Å²) >= 11 is 0. The van der Waals surface area contributed by atoms with E-state index in [1.807, 2.05) is 107 Å². The Bertz CT molecular complexity index is 1130. The Morgan fingerprint density at radius 2 is 0.902 bits per heavy atom. The SMILES string of the molecule is CC(C)=CCC1=CC(CC=C(C)C)(C(=O)O)C(O)(CC=C(C)C)C(O)(CC=C(C)C)C1(CC=C(C)C)CC=C(C)C. The van der Waals surface area contributed by atoms with Gasteiger partial charge in [-0.05, 0) is 122 Å². The van der Waals surface area contributed by atoms with Crippen LogP contribution in [0.25, 0.3) is 0 Å². The Balaban J connectivity index is 4.65. The van der Waals surface area contributed by atoms with E-state index in [-0.39, 0.29) is 19.3 Å². The van der Waals surface area contributed by atoms with Gasteiger partial charge in [-0.15, -0.1) is 0 Å². The van der Waals surface area contributed by atoms with E-state index in [9.17, 15) is 20.1 Å². The van der Waals surface area contributed by atoms with E-state index in [4.69, 9.17) is 0 Å². The van der Waals surface area contributed by atoms with Crippen molar-refractivity contribution in [2.75, 3.05) is 0 Å². The molecule has 0 saturated heterocycles. The topological polar surface area (TPSA) is 77.8 Å². The fourth-order valence-corrected chi connectivity index (χ4v) is 5.93. The number of allylic oxidation sites excluding steroid dienone is 10. The Hall–Kier alpha value is -2.43. The lowest BCUT2D eigenvalue weighted by Gasteiger charge is -2.63. The lowest BCUT2D eigenvalue weighted by Crippen LogP contribution is -2.74. The smallest absolute Gasteiger partial charge is 0.316 e. The first-order valence-corrected chi connectivity index (χ1v) is 15.0. The van der Waals surface area contributed by atoms with Crippen LogP contribution in [0.4, 0.5) is 0 Å². The van der Waals surface area contributed by atoms with Crippen LogP contribution in [0.1, 0.15) is 122 Å². The van der Waals surface area contributed by atoms with Gasteiger partial charge in [-0.2, -0.15) is 0 Å². The molecule has 0 aromatic carbocycles. The highest BCUT2D eigenvalue weighted by molar-refractivity contribution is 5.81. The number of aliphatic carboxylic acids is 1. The van der Waals surface area contributed by atoms with E-state index in [1.54, 1.807) is 0 Å². The second kappa shape index (κ2) is 14.6. The predicted molar refractivity (Wildman–Crippen MR) is 175 cm³/mol. The van der Waals surface area contributed by atoms with Gasteiger partial charge < -0.3 is 15.3 Å². The molecule has 0 fully saturated rings. The highest BCUT2D eigenvalue weighted by atomic mass is 16.4. The molecule has 3 N–H and O–H groups in total. The molecular formula is C37H58O4. The zero-order valence-electron chi connectivity index (χ0n) is 28.0. The molecule has 1 rings (SSSR count). The zero-order valence-corrected chi connectivity index (χ0v) is 28.0. The van der Waals surface area contributed by atoms with Crippen molar-refractivity contribution < 1.29 is 20.1 Å². The van der Waals surface area contributed by atoms with Crippen LogP contribution in [0.2, 0.25) is 0 Å². The van der Waals surface area contributed by atoms with Crippen LogP contribution < -0.4 is 0 Å². The lowest BCUT2D eigenvalue weighted by atomic mass is 9.43. The minimum atomic E-state index is -2.01. The van der Waals surface area contributed by atoms with Gasteiger partial charge in [0.05, 0.1) is 0 Å². The van der Waals surface area contributed by atoms with Crippen LogP contribution in [0.5, 0.6) is 0 Å². The summed E-state index contributed by atoms with van der Waals surface area (Å²) in [6.07, 6.45) is 15.6. The van der Waals surface area contributed by atoms with Crippen molar-refractivity contribution in [1.82, 2.24) is 0 Å². The van der Waals surface area contributed by atoms with Gasteiger partial charge in [0.15, 0.2) is 0 Å². The molecule has 3 atom stereocenters. The molecule has 0 aliphatic heterocycles. The molecule has 4 nitrogen and oxygen atoms in total. The molecule has 0 bridgehead atoms. The van der Waals surface area contributed by atoms with Crippen molar-refractivity contribution in [2.24, 2.45) is 10.8 Å². The number of rotatable bonds is 13. The van der Waals surface area contributed by atoms with Crippen molar-refractivity contribution >= 4 is 5.97 Å². The van der Waals surface area contributed by atoms with Gasteiger partial charge in [-0.1, -0.05) is 81.5 Å². The Labute approximate surface area is 251 Å². The second-order valence-corrected chi connectivity index (χ2v) is 13.7. The quantitative estimate of drug-likeness (QED) is 0.194. The molecule has 0 aromatic heterocycles. The maximum atomic E-state index is 13.6. The molecule has 0 spiro atoms. The van der Waals surface area contributed by atoms with Gasteiger partial charge in [0.25, 0.3) is 0 Å². The average Bonchev–Trinajstić information content (AvgIpc) is 2.84. The molecule has 0 heterocycles. The fourth-order valence-electron chi connectivity index (χ4n) is 5.93. The molecule has 0 radical (unpaired) electrons. The van der Waals surface area contributed by atoms with Gasteiger partial charge in [-0.25, -0.2) is 0 Å². The van der Waals surface area contributed by atoms with E-state index >= 15 is 0 Å². The minimum absolute atomic E-state index is 0.0170. The Morgan fingerprint density at radius 1 is 0.561 bits per heavy atom. The van der Waals surface area contributed by atoms with Crippen LogP contribution in [0, 0.1) is 10.8 Å². The first kappa shape index (κ1) is 36.6. The molecule has 0 aromatic rings. The van der Waals surface area contributed by atoms with Crippen molar-refractivity contribution in [2.45, 2.75) is 133 Å². The molecule has 230 valence electrons. The molecule has 1 aliphatic carbocycles. The molecule has 41 heavy (non-hydrogen) atoms. The largest absolute Gasteiger partial charge is 0.481 e. The van der Waals surface area contributed by atoms with Gasteiger partial charge in [0, 0.05) is 5.41 Å². The van der Waals surface area contributed by atoms with Gasteiger partial charge in [-0.3, -0.25) is 4.79 Å². The van der Waals surface area contributed by atoms with E-state index in [0.717, 1.165) is 39.0 Å². The molecule has 0 saturated carbocycles. The van der Waals surface area contributed by atoms with Crippen LogP contribution >= 0.6 is 0 Å². The summed E-state index contributed by atoms with van der Waals surface area (Å²) in [6, 6.07) is 0. The third-order valence-corrected chi connectivity index (χ3v) is 8.52. The predicted octanol–water partition coefficient (Wildman–Crippen LogP) is 9.58. The number of carbonyl (C=O) groups is 1. The van der Waals surface area contributed by atoms with Crippen molar-refractivity contribution in [3.05, 3.63) is 81.5 Å². The first-order valence-electron chi connectivity index (χ1n) is 15.0. The summed E-state index contributed by atoms with van der Waals surface area (Å²) in [5.74, 6) is -1.12. The highest BCUT2D eigenvalue weighted by Gasteiger charge is 2.72. The molecular weight excluding hydrogens is 508 g/mol. The number of aliphatic hydroxyl groups is 2. The summed E-state index contributed by atoms with van der Waals surface area (Å²) in [5.41, 5.74) is 0.619. The van der Waals surface area contributed by atoms with Crippen molar-refractivity contribution in [1.29, 1.82) is 0 Å². The van der Waals surface area contributed by atoms with Gasteiger partial charge in [0.2, 0.25) is 0 Å². The standard InChI is InChI=1S/C37H58O4/c1-26(2)13-14-32-25-35(33(38)39,22-17-29(7)8)37(41,24-19-31(11)12)36(40,23-18-30(9)10)34(32,20-15-27(3)4)21-16-28(5)6/h13,15-19,25,40-41H,14,20-24H2,1-12H3,(H,38,39). The maximum Gasteiger partial charge on any atom is 0.316 e. The molecule has 4 heteroatoms. The minimum Gasteiger partial charge on any atom is -0.481 e. The molecule has 0 amide bonds. The zero-order chi connectivity index (χ0) is 31.8. The van der Waals surface area contributed by atoms with Crippen molar-refractivity contribution in [3.63, 3.8) is 0 Å². The summed E-state index contributed by atoms with van der Waals surface area (Å²) in [4.78, 5) is 13.6. The fraction of sp³-hybridized carbons (Fsp3) is 0.595. The summed E-state index contributed by atoms with van der Waals surface area (Å²) in [6.45, 7) is 23.9. The number of hydrogen-bond acceptors (Lipinski definition) is 3. The number of hydrogen-bond donors (Lipinski definition) is 3. The van der Waals surface area contributed by atoms with Crippen LogP contribution in [-0.2, 0) is 4.79 Å². The monoisotopic (exact) mass is 566 g/mol. The number of carboxylic acids is 1. The van der Waals surface area contributed by atoms with Crippen LogP contribution in [0.3, 0.4) is 0 Å². The van der Waals surface area contributed by atoms with E-state index in [2.05, 4.69) is 18.2 Å². The van der Waals surface area contributed by atoms with Gasteiger partial charge in [0.1, 0.15) is 16.6 Å². The maximum absolute atomic E-state index is 13.6. The average molecular weight is 567 g/mol. The highest BCUT2D eigenvalue weighted by Crippen LogP contribution is 2.65. The van der Waals surface area contributed by atoms with E-state index < -0.39 is 28.0 Å². The summed E-state index contributed by atoms with van der Waals surface area (Å²) < 4.78 is 0. The third-order valence-electron chi connectivity index (χ3n) is 8.52. The Morgan fingerprint density at radius 3 is 1.27 bits per heavy atom. The Kier molecular flexibility index (Phi) is 13.1.